The number of nitrogens with zero attached hydrogens (tertiary/aromatic N) is 2. The lowest BCUT2D eigenvalue weighted by molar-refractivity contribution is -0.131. The van der Waals surface area contributed by atoms with Crippen LogP contribution in [-0.2, 0) is 16.1 Å². The molecule has 1 aromatic carbocycles. The highest BCUT2D eigenvalue weighted by molar-refractivity contribution is 5.90. The van der Waals surface area contributed by atoms with E-state index in [9.17, 15) is 18.8 Å². The molecule has 1 aromatic heterocycles. The Kier molecular flexibility index (Phi) is 7.18. The Morgan fingerprint density at radius 3 is 2.50 bits per heavy atom. The van der Waals surface area contributed by atoms with Crippen molar-refractivity contribution in [2.45, 2.75) is 65.0 Å². The first kappa shape index (κ1) is 21.9. The van der Waals surface area contributed by atoms with Crippen molar-refractivity contribution in [2.75, 3.05) is 0 Å². The Morgan fingerprint density at radius 1 is 1.20 bits per heavy atom. The molecule has 7 nitrogen and oxygen atoms in total. The van der Waals surface area contributed by atoms with E-state index >= 15 is 0 Å². The van der Waals surface area contributed by atoms with Crippen molar-refractivity contribution in [2.24, 2.45) is 11.8 Å². The Labute approximate surface area is 174 Å². The standard InChI is InChI=1S/C22H28FN3O4/c1-14(2)12-18(24-21(28)16-6-4-3-5-7-16)19(27)13-26-20(25-30-22(26)29)15-8-10-17(23)11-9-15/h8-11,14,16,18H,3-7,12-13H2,1-2H3,(H,24,28)/t18-/m0/s1. The summed E-state index contributed by atoms with van der Waals surface area (Å²) >= 11 is 0. The highest BCUT2D eigenvalue weighted by atomic mass is 19.1. The van der Waals surface area contributed by atoms with Crippen LogP contribution in [0.25, 0.3) is 11.4 Å². The number of benzene rings is 1. The van der Waals surface area contributed by atoms with Gasteiger partial charge in [-0.25, -0.2) is 13.8 Å². The van der Waals surface area contributed by atoms with Crippen LogP contribution >= 0.6 is 0 Å². The van der Waals surface area contributed by atoms with Crippen LogP contribution in [-0.4, -0.2) is 27.5 Å². The van der Waals surface area contributed by atoms with Gasteiger partial charge in [-0.2, -0.15) is 0 Å². The molecule has 0 aliphatic heterocycles. The van der Waals surface area contributed by atoms with Crippen molar-refractivity contribution in [3.8, 4) is 11.4 Å². The molecule has 2 aromatic rings. The molecule has 1 aliphatic rings. The number of hydrogen-bond acceptors (Lipinski definition) is 5. The lowest BCUT2D eigenvalue weighted by Gasteiger charge is -2.25. The molecule has 0 radical (unpaired) electrons. The molecule has 30 heavy (non-hydrogen) atoms. The summed E-state index contributed by atoms with van der Waals surface area (Å²) in [6.07, 6.45) is 5.35. The molecule has 1 aliphatic carbocycles. The van der Waals surface area contributed by atoms with Crippen LogP contribution in [0.5, 0.6) is 0 Å². The van der Waals surface area contributed by atoms with Gasteiger partial charge in [0.1, 0.15) is 5.82 Å². The maximum atomic E-state index is 13.2. The van der Waals surface area contributed by atoms with Crippen LogP contribution in [0.3, 0.4) is 0 Å². The first-order chi connectivity index (χ1) is 14.3. The van der Waals surface area contributed by atoms with Gasteiger partial charge in [-0.05, 0) is 49.4 Å². The zero-order valence-electron chi connectivity index (χ0n) is 17.4. The second-order valence-electron chi connectivity index (χ2n) is 8.36. The number of amides is 1. The van der Waals surface area contributed by atoms with E-state index in [4.69, 9.17) is 4.52 Å². The first-order valence-electron chi connectivity index (χ1n) is 10.5. The summed E-state index contributed by atoms with van der Waals surface area (Å²) < 4.78 is 19.1. The van der Waals surface area contributed by atoms with Gasteiger partial charge in [-0.15, -0.1) is 0 Å². The number of Topliss-reactive ketones (excluding diaryl/α,β-unsaturated/α-hetero) is 1. The Bertz CT molecular complexity index is 927. The molecular weight excluding hydrogens is 389 g/mol. The molecule has 1 atom stereocenters. The number of ketones is 1. The van der Waals surface area contributed by atoms with E-state index < -0.39 is 17.6 Å². The zero-order chi connectivity index (χ0) is 21.7. The number of rotatable bonds is 8. The molecule has 1 saturated carbocycles. The van der Waals surface area contributed by atoms with Gasteiger partial charge in [-0.1, -0.05) is 38.3 Å². The normalized spacial score (nSPS) is 15.9. The molecule has 1 amide bonds. The highest BCUT2D eigenvalue weighted by Gasteiger charge is 2.28. The van der Waals surface area contributed by atoms with Crippen molar-refractivity contribution in [1.29, 1.82) is 0 Å². The summed E-state index contributed by atoms with van der Waals surface area (Å²) in [7, 11) is 0. The van der Waals surface area contributed by atoms with E-state index in [1.165, 1.54) is 24.3 Å². The van der Waals surface area contributed by atoms with E-state index in [1.807, 2.05) is 13.8 Å². The predicted molar refractivity (Wildman–Crippen MR) is 109 cm³/mol. The molecule has 0 saturated heterocycles. The largest absolute Gasteiger partial charge is 0.442 e. The van der Waals surface area contributed by atoms with Crippen molar-refractivity contribution >= 4 is 11.7 Å². The van der Waals surface area contributed by atoms with Gasteiger partial charge in [-0.3, -0.25) is 14.1 Å². The molecular formula is C22H28FN3O4. The molecule has 0 unspecified atom stereocenters. The summed E-state index contributed by atoms with van der Waals surface area (Å²) in [6.45, 7) is 3.67. The lowest BCUT2D eigenvalue weighted by atomic mass is 9.88. The Morgan fingerprint density at radius 2 is 1.87 bits per heavy atom. The van der Waals surface area contributed by atoms with Crippen molar-refractivity contribution in [3.05, 3.63) is 40.6 Å². The van der Waals surface area contributed by atoms with Crippen LogP contribution in [0, 0.1) is 17.7 Å². The second kappa shape index (κ2) is 9.82. The van der Waals surface area contributed by atoms with Crippen molar-refractivity contribution in [1.82, 2.24) is 15.0 Å². The summed E-state index contributed by atoms with van der Waals surface area (Å²) in [5.41, 5.74) is 0.460. The minimum atomic E-state index is -0.774. The molecule has 0 spiro atoms. The fraction of sp³-hybridized carbons (Fsp3) is 0.545. The highest BCUT2D eigenvalue weighted by Crippen LogP contribution is 2.24. The monoisotopic (exact) mass is 417 g/mol. The summed E-state index contributed by atoms with van der Waals surface area (Å²) in [5.74, 6) is -1.31. The first-order valence-corrected chi connectivity index (χ1v) is 10.5. The van der Waals surface area contributed by atoms with Crippen LogP contribution in [0.2, 0.25) is 0 Å². The van der Waals surface area contributed by atoms with Gasteiger partial charge in [0.15, 0.2) is 11.6 Å². The minimum absolute atomic E-state index is 0.0608. The van der Waals surface area contributed by atoms with Gasteiger partial charge < -0.3 is 5.32 Å². The summed E-state index contributed by atoms with van der Waals surface area (Å²) in [5, 5.41) is 6.65. The molecule has 162 valence electrons. The second-order valence-corrected chi connectivity index (χ2v) is 8.36. The number of hydrogen-bond donors (Lipinski definition) is 1. The molecule has 1 heterocycles. The maximum Gasteiger partial charge on any atom is 0.442 e. The number of carbonyl (C=O) groups excluding carboxylic acids is 2. The van der Waals surface area contributed by atoms with Gasteiger partial charge in [0.05, 0.1) is 12.6 Å². The topological polar surface area (TPSA) is 94.2 Å². The van der Waals surface area contributed by atoms with Crippen LogP contribution in [0.4, 0.5) is 4.39 Å². The SMILES string of the molecule is CC(C)C[C@H](NC(=O)C1CCCCC1)C(=O)Cn1c(-c2ccc(F)cc2)noc1=O. The number of nitrogens with one attached hydrogen (secondary N) is 1. The smallest absolute Gasteiger partial charge is 0.346 e. The van der Waals surface area contributed by atoms with E-state index in [1.54, 1.807) is 0 Å². The van der Waals surface area contributed by atoms with Crippen LogP contribution in [0.15, 0.2) is 33.6 Å². The van der Waals surface area contributed by atoms with Gasteiger partial charge in [0.25, 0.3) is 0 Å². The Hall–Kier alpha value is -2.77. The number of aromatic nitrogens is 2. The predicted octanol–water partition coefficient (Wildman–Crippen LogP) is 3.32. The van der Waals surface area contributed by atoms with Gasteiger partial charge in [0.2, 0.25) is 5.91 Å². The molecule has 1 N–H and O–H groups in total. The van der Waals surface area contributed by atoms with Gasteiger partial charge >= 0.3 is 5.76 Å². The van der Waals surface area contributed by atoms with E-state index in [-0.39, 0.29) is 35.9 Å². The third-order valence-electron chi connectivity index (χ3n) is 5.49. The molecule has 3 rings (SSSR count). The third-order valence-corrected chi connectivity index (χ3v) is 5.49. The fourth-order valence-electron chi connectivity index (χ4n) is 3.88. The lowest BCUT2D eigenvalue weighted by Crippen LogP contribution is -2.46. The van der Waals surface area contributed by atoms with Crippen LogP contribution < -0.4 is 11.1 Å². The van der Waals surface area contributed by atoms with Crippen molar-refractivity contribution in [3.63, 3.8) is 0 Å². The average Bonchev–Trinajstić information content (AvgIpc) is 3.08. The molecule has 8 heteroatoms. The number of carbonyl (C=O) groups is 2. The summed E-state index contributed by atoms with van der Waals surface area (Å²) in [6, 6.07) is 4.72. The third kappa shape index (κ3) is 5.43. The zero-order valence-corrected chi connectivity index (χ0v) is 17.4. The summed E-state index contributed by atoms with van der Waals surface area (Å²) in [4.78, 5) is 37.9. The van der Waals surface area contributed by atoms with E-state index in [0.717, 1.165) is 36.7 Å². The van der Waals surface area contributed by atoms with Crippen molar-refractivity contribution < 1.29 is 18.5 Å². The quantitative estimate of drug-likeness (QED) is 0.711. The van der Waals surface area contributed by atoms with Crippen LogP contribution in [0.1, 0.15) is 52.4 Å². The average molecular weight is 417 g/mol. The van der Waals surface area contributed by atoms with Gasteiger partial charge in [0, 0.05) is 11.5 Å². The number of halogens is 1. The van der Waals surface area contributed by atoms with E-state index in [0.29, 0.717) is 12.0 Å². The minimum Gasteiger partial charge on any atom is -0.346 e. The Balaban J connectivity index is 1.77. The maximum absolute atomic E-state index is 13.2. The molecule has 0 bridgehead atoms. The fourth-order valence-corrected chi connectivity index (χ4v) is 3.88. The molecule has 1 fully saturated rings. The van der Waals surface area contributed by atoms with E-state index in [2.05, 4.69) is 10.5 Å².